The largest absolute Gasteiger partial charge is 0.332 e. The molecular weight excluding hydrogens is 316 g/mol. The summed E-state index contributed by atoms with van der Waals surface area (Å²) in [7, 11) is 0. The predicted molar refractivity (Wildman–Crippen MR) is 93.1 cm³/mol. The highest BCUT2D eigenvalue weighted by atomic mass is 16.5. The zero-order valence-corrected chi connectivity index (χ0v) is 13.9. The second kappa shape index (κ2) is 6.47. The minimum atomic E-state index is -0.0698. The molecule has 1 saturated heterocycles. The highest BCUT2D eigenvalue weighted by molar-refractivity contribution is 5.96. The third-order valence-corrected chi connectivity index (χ3v) is 4.47. The van der Waals surface area contributed by atoms with Gasteiger partial charge in [-0.15, -0.1) is 0 Å². The zero-order chi connectivity index (χ0) is 17.2. The molecule has 1 aromatic carbocycles. The number of carbonyl (C=O) groups is 1. The number of benzene rings is 1. The van der Waals surface area contributed by atoms with Gasteiger partial charge in [-0.3, -0.25) is 9.78 Å². The van der Waals surface area contributed by atoms with E-state index in [1.54, 1.807) is 11.1 Å². The van der Waals surface area contributed by atoms with E-state index in [2.05, 4.69) is 34.2 Å². The standard InChI is InChI=1S/C19H18N4O2/c1-2-13-6-8-15(9-7-13)23-12-14(11-17(23)24)18-21-19(25-22-18)16-5-3-4-10-20-16/h3-10,14H,2,11-12H2,1H3. The monoisotopic (exact) mass is 334 g/mol. The van der Waals surface area contributed by atoms with Crippen LogP contribution in [0, 0.1) is 0 Å². The van der Waals surface area contributed by atoms with Gasteiger partial charge < -0.3 is 9.42 Å². The van der Waals surface area contributed by atoms with Crippen molar-refractivity contribution in [3.05, 3.63) is 60.0 Å². The molecule has 6 nitrogen and oxygen atoms in total. The van der Waals surface area contributed by atoms with Crippen molar-refractivity contribution in [1.29, 1.82) is 0 Å². The lowest BCUT2D eigenvalue weighted by molar-refractivity contribution is -0.117. The molecule has 0 radical (unpaired) electrons. The van der Waals surface area contributed by atoms with Crippen LogP contribution in [0.5, 0.6) is 0 Å². The molecule has 0 aliphatic carbocycles. The quantitative estimate of drug-likeness (QED) is 0.732. The normalized spacial score (nSPS) is 17.2. The lowest BCUT2D eigenvalue weighted by Crippen LogP contribution is -2.24. The number of anilines is 1. The van der Waals surface area contributed by atoms with E-state index in [4.69, 9.17) is 4.52 Å². The van der Waals surface area contributed by atoms with E-state index < -0.39 is 0 Å². The minimum absolute atomic E-state index is 0.0698. The zero-order valence-electron chi connectivity index (χ0n) is 13.9. The van der Waals surface area contributed by atoms with Gasteiger partial charge in [-0.25, -0.2) is 0 Å². The van der Waals surface area contributed by atoms with Gasteiger partial charge in [0.15, 0.2) is 5.82 Å². The molecule has 0 spiro atoms. The first-order chi connectivity index (χ1) is 12.2. The highest BCUT2D eigenvalue weighted by Crippen LogP contribution is 2.31. The summed E-state index contributed by atoms with van der Waals surface area (Å²) in [6.07, 6.45) is 3.05. The van der Waals surface area contributed by atoms with Gasteiger partial charge in [0, 0.05) is 30.8 Å². The van der Waals surface area contributed by atoms with Gasteiger partial charge >= 0.3 is 0 Å². The van der Waals surface area contributed by atoms with Crippen LogP contribution in [-0.2, 0) is 11.2 Å². The van der Waals surface area contributed by atoms with Gasteiger partial charge in [0.1, 0.15) is 5.69 Å². The summed E-state index contributed by atoms with van der Waals surface area (Å²) in [4.78, 5) is 22.9. The topological polar surface area (TPSA) is 72.1 Å². The molecule has 0 saturated carbocycles. The van der Waals surface area contributed by atoms with Crippen molar-refractivity contribution >= 4 is 11.6 Å². The third kappa shape index (κ3) is 3.03. The van der Waals surface area contributed by atoms with Crippen LogP contribution < -0.4 is 4.90 Å². The molecular formula is C19H18N4O2. The number of aromatic nitrogens is 3. The Labute approximate surface area is 145 Å². The number of pyridine rings is 1. The molecule has 4 rings (SSSR count). The van der Waals surface area contributed by atoms with E-state index >= 15 is 0 Å². The molecule has 3 heterocycles. The Balaban J connectivity index is 1.53. The molecule has 1 fully saturated rings. The number of hydrogen-bond donors (Lipinski definition) is 0. The number of amides is 1. The molecule has 25 heavy (non-hydrogen) atoms. The fourth-order valence-corrected chi connectivity index (χ4v) is 3.04. The average Bonchev–Trinajstić information content (AvgIpc) is 3.29. The number of nitrogens with zero attached hydrogens (tertiary/aromatic N) is 4. The summed E-state index contributed by atoms with van der Waals surface area (Å²) in [6, 6.07) is 13.6. The van der Waals surface area contributed by atoms with Crippen LogP contribution in [0.25, 0.3) is 11.6 Å². The molecule has 126 valence electrons. The third-order valence-electron chi connectivity index (χ3n) is 4.47. The maximum atomic E-state index is 12.4. The Bertz CT molecular complexity index is 874. The highest BCUT2D eigenvalue weighted by Gasteiger charge is 2.34. The van der Waals surface area contributed by atoms with Gasteiger partial charge in [0.05, 0.1) is 0 Å². The van der Waals surface area contributed by atoms with Crippen molar-refractivity contribution in [2.24, 2.45) is 0 Å². The molecule has 1 atom stereocenters. The molecule has 3 aromatic rings. The molecule has 0 bridgehead atoms. The first-order valence-electron chi connectivity index (χ1n) is 8.39. The van der Waals surface area contributed by atoms with Crippen molar-refractivity contribution in [3.8, 4) is 11.6 Å². The van der Waals surface area contributed by atoms with Gasteiger partial charge in [0.2, 0.25) is 5.91 Å². The number of carbonyl (C=O) groups excluding carboxylic acids is 1. The number of rotatable bonds is 4. The molecule has 1 aliphatic heterocycles. The number of hydrogen-bond acceptors (Lipinski definition) is 5. The molecule has 1 aliphatic rings. The van der Waals surface area contributed by atoms with Crippen molar-refractivity contribution in [1.82, 2.24) is 15.1 Å². The van der Waals surface area contributed by atoms with E-state index in [0.717, 1.165) is 12.1 Å². The van der Waals surface area contributed by atoms with Crippen LogP contribution >= 0.6 is 0 Å². The van der Waals surface area contributed by atoms with Crippen LogP contribution in [-0.4, -0.2) is 27.6 Å². The lowest BCUT2D eigenvalue weighted by Gasteiger charge is -2.16. The molecule has 0 N–H and O–H groups in total. The maximum Gasteiger partial charge on any atom is 0.276 e. The van der Waals surface area contributed by atoms with Gasteiger partial charge in [-0.2, -0.15) is 4.98 Å². The minimum Gasteiger partial charge on any atom is -0.332 e. The lowest BCUT2D eigenvalue weighted by atomic mass is 10.1. The Morgan fingerprint density at radius 2 is 2.04 bits per heavy atom. The first kappa shape index (κ1) is 15.5. The second-order valence-electron chi connectivity index (χ2n) is 6.10. The second-order valence-corrected chi connectivity index (χ2v) is 6.10. The van der Waals surface area contributed by atoms with Crippen molar-refractivity contribution in [3.63, 3.8) is 0 Å². The number of aryl methyl sites for hydroxylation is 1. The van der Waals surface area contributed by atoms with E-state index in [1.165, 1.54) is 5.56 Å². The fraction of sp³-hybridized carbons (Fsp3) is 0.263. The Kier molecular flexibility index (Phi) is 4.01. The van der Waals surface area contributed by atoms with Gasteiger partial charge in [-0.1, -0.05) is 30.3 Å². The van der Waals surface area contributed by atoms with E-state index in [0.29, 0.717) is 30.4 Å². The van der Waals surface area contributed by atoms with Crippen molar-refractivity contribution < 1.29 is 9.32 Å². The smallest absolute Gasteiger partial charge is 0.276 e. The summed E-state index contributed by atoms with van der Waals surface area (Å²) < 4.78 is 5.32. The SMILES string of the molecule is CCc1ccc(N2CC(c3noc(-c4ccccn4)n3)CC2=O)cc1. The Morgan fingerprint density at radius 1 is 1.20 bits per heavy atom. The molecule has 1 unspecified atom stereocenters. The molecule has 1 amide bonds. The fourth-order valence-electron chi connectivity index (χ4n) is 3.04. The summed E-state index contributed by atoms with van der Waals surface area (Å²) >= 11 is 0. The average molecular weight is 334 g/mol. The summed E-state index contributed by atoms with van der Waals surface area (Å²) in [6.45, 7) is 2.67. The van der Waals surface area contributed by atoms with Crippen LogP contribution in [0.15, 0.2) is 53.2 Å². The van der Waals surface area contributed by atoms with E-state index in [9.17, 15) is 4.79 Å². The van der Waals surface area contributed by atoms with E-state index in [-0.39, 0.29) is 11.8 Å². The summed E-state index contributed by atoms with van der Waals surface area (Å²) in [5.74, 6) is 0.952. The van der Waals surface area contributed by atoms with Gasteiger partial charge in [0.25, 0.3) is 5.89 Å². The van der Waals surface area contributed by atoms with Crippen LogP contribution in [0.4, 0.5) is 5.69 Å². The van der Waals surface area contributed by atoms with Crippen LogP contribution in [0.2, 0.25) is 0 Å². The van der Waals surface area contributed by atoms with Crippen molar-refractivity contribution in [2.75, 3.05) is 11.4 Å². The summed E-state index contributed by atoms with van der Waals surface area (Å²) in [5, 5.41) is 4.06. The van der Waals surface area contributed by atoms with Gasteiger partial charge in [-0.05, 0) is 36.2 Å². The molecule has 2 aromatic heterocycles. The van der Waals surface area contributed by atoms with Crippen molar-refractivity contribution in [2.45, 2.75) is 25.7 Å². The summed E-state index contributed by atoms with van der Waals surface area (Å²) in [5.41, 5.74) is 2.81. The Morgan fingerprint density at radius 3 is 2.76 bits per heavy atom. The predicted octanol–water partition coefficient (Wildman–Crippen LogP) is 3.21. The first-order valence-corrected chi connectivity index (χ1v) is 8.39. The Hall–Kier alpha value is -3.02. The molecule has 6 heteroatoms. The maximum absolute atomic E-state index is 12.4. The van der Waals surface area contributed by atoms with Crippen LogP contribution in [0.3, 0.4) is 0 Å². The van der Waals surface area contributed by atoms with Crippen LogP contribution in [0.1, 0.15) is 30.7 Å². The van der Waals surface area contributed by atoms with E-state index in [1.807, 2.05) is 30.3 Å².